The fraction of sp³-hybridized carbons (Fsp3) is 0.647. The van der Waals surface area contributed by atoms with Crippen LogP contribution in [0.5, 0.6) is 5.88 Å². The molecule has 0 spiro atoms. The first-order valence-electron chi connectivity index (χ1n) is 8.28. The van der Waals surface area contributed by atoms with Crippen LogP contribution in [0, 0.1) is 5.92 Å². The smallest absolute Gasteiger partial charge is 0.213 e. The third-order valence-electron chi connectivity index (χ3n) is 3.85. The maximum atomic E-state index is 5.18. The summed E-state index contributed by atoms with van der Waals surface area (Å²) in [4.78, 5) is 11.6. The van der Waals surface area contributed by atoms with E-state index in [1.165, 1.54) is 0 Å². The number of guanidine groups is 1. The molecule has 23 heavy (non-hydrogen) atoms. The molecule has 1 aromatic heterocycles. The first-order valence-corrected chi connectivity index (χ1v) is 9.33. The summed E-state index contributed by atoms with van der Waals surface area (Å²) in [5.74, 6) is 3.47. The number of hydrogen-bond acceptors (Lipinski definition) is 4. The summed E-state index contributed by atoms with van der Waals surface area (Å²) in [6, 6.07) is 5.79. The molecule has 6 heteroatoms. The van der Waals surface area contributed by atoms with Crippen molar-refractivity contribution in [3.05, 3.63) is 23.9 Å². The van der Waals surface area contributed by atoms with E-state index in [9.17, 15) is 0 Å². The summed E-state index contributed by atoms with van der Waals surface area (Å²) in [7, 11) is 1.64. The molecule has 1 aliphatic heterocycles. The third-order valence-corrected chi connectivity index (χ3v) is 5.39. The Morgan fingerprint density at radius 1 is 1.52 bits per heavy atom. The third kappa shape index (κ3) is 5.30. The molecule has 0 aliphatic carbocycles. The average molecular weight is 337 g/mol. The Labute approximate surface area is 143 Å². The van der Waals surface area contributed by atoms with Crippen LogP contribution in [0.2, 0.25) is 0 Å². The summed E-state index contributed by atoms with van der Waals surface area (Å²) in [5.41, 5.74) is 0.923. The molecule has 1 atom stereocenters. The van der Waals surface area contributed by atoms with Crippen molar-refractivity contribution in [1.29, 1.82) is 0 Å². The second-order valence-corrected chi connectivity index (χ2v) is 7.29. The van der Waals surface area contributed by atoms with E-state index >= 15 is 0 Å². The van der Waals surface area contributed by atoms with Gasteiger partial charge in [-0.2, -0.15) is 11.8 Å². The normalized spacial score (nSPS) is 19.1. The van der Waals surface area contributed by atoms with Gasteiger partial charge in [0.25, 0.3) is 0 Å². The van der Waals surface area contributed by atoms with Crippen molar-refractivity contribution in [2.24, 2.45) is 10.9 Å². The van der Waals surface area contributed by atoms with Gasteiger partial charge >= 0.3 is 0 Å². The van der Waals surface area contributed by atoms with E-state index in [-0.39, 0.29) is 0 Å². The number of rotatable bonds is 5. The molecule has 5 nitrogen and oxygen atoms in total. The molecule has 1 unspecified atom stereocenters. The second-order valence-electron chi connectivity index (χ2n) is 5.94. The van der Waals surface area contributed by atoms with Gasteiger partial charge < -0.3 is 15.0 Å². The molecular weight excluding hydrogens is 308 g/mol. The van der Waals surface area contributed by atoms with Gasteiger partial charge in [-0.05, 0) is 18.9 Å². The lowest BCUT2D eigenvalue weighted by molar-refractivity contribution is 0.380. The highest BCUT2D eigenvalue weighted by Crippen LogP contribution is 2.24. The lowest BCUT2D eigenvalue weighted by atomic mass is 10.1. The van der Waals surface area contributed by atoms with Gasteiger partial charge in [-0.15, -0.1) is 0 Å². The standard InChI is InChI=1S/C17H28N4OS/c1-5-18-17(21-9-10-23-15(12-21)13(2)3)19-11-14-7-6-8-16(20-14)22-4/h6-8,13,15H,5,9-12H2,1-4H3,(H,18,19). The number of thioether (sulfide) groups is 1. The van der Waals surface area contributed by atoms with Crippen LogP contribution in [0.4, 0.5) is 0 Å². The largest absolute Gasteiger partial charge is 0.481 e. The molecule has 0 bridgehead atoms. The predicted molar refractivity (Wildman–Crippen MR) is 98.3 cm³/mol. The van der Waals surface area contributed by atoms with E-state index < -0.39 is 0 Å². The molecule has 128 valence electrons. The minimum atomic E-state index is 0.565. The van der Waals surface area contributed by atoms with Gasteiger partial charge in [0.05, 0.1) is 19.3 Å². The summed E-state index contributed by atoms with van der Waals surface area (Å²) in [6.07, 6.45) is 0. The zero-order valence-electron chi connectivity index (χ0n) is 14.6. The van der Waals surface area contributed by atoms with Crippen LogP contribution in [-0.4, -0.2) is 53.6 Å². The lowest BCUT2D eigenvalue weighted by Crippen LogP contribution is -2.49. The first-order chi connectivity index (χ1) is 11.1. The number of hydrogen-bond donors (Lipinski definition) is 1. The van der Waals surface area contributed by atoms with E-state index in [1.807, 2.05) is 18.2 Å². The zero-order valence-corrected chi connectivity index (χ0v) is 15.4. The fourth-order valence-corrected chi connectivity index (χ4v) is 3.81. The van der Waals surface area contributed by atoms with E-state index in [4.69, 9.17) is 9.73 Å². The first kappa shape index (κ1) is 17.9. The summed E-state index contributed by atoms with van der Waals surface area (Å²) >= 11 is 2.08. The van der Waals surface area contributed by atoms with Crippen LogP contribution >= 0.6 is 11.8 Å². The number of nitrogens with one attached hydrogen (secondary N) is 1. The SMILES string of the molecule is CCNC(=NCc1cccc(OC)n1)N1CCSC(C(C)C)C1. The average Bonchev–Trinajstić information content (AvgIpc) is 2.59. The van der Waals surface area contributed by atoms with Crippen LogP contribution in [0.3, 0.4) is 0 Å². The monoisotopic (exact) mass is 336 g/mol. The van der Waals surface area contributed by atoms with Crippen molar-refractivity contribution >= 4 is 17.7 Å². The quantitative estimate of drug-likeness (QED) is 0.662. The Morgan fingerprint density at radius 2 is 2.35 bits per heavy atom. The summed E-state index contributed by atoms with van der Waals surface area (Å²) in [6.45, 7) is 10.2. The number of pyridine rings is 1. The van der Waals surface area contributed by atoms with E-state index in [0.717, 1.165) is 37.0 Å². The number of aromatic nitrogens is 1. The Hall–Kier alpha value is -1.43. The molecule has 1 fully saturated rings. The Kier molecular flexibility index (Phi) is 7.02. The molecule has 0 saturated carbocycles. The van der Waals surface area contributed by atoms with E-state index in [0.29, 0.717) is 23.6 Å². The van der Waals surface area contributed by atoms with Crippen LogP contribution in [-0.2, 0) is 6.54 Å². The zero-order chi connectivity index (χ0) is 16.7. The van der Waals surface area contributed by atoms with Gasteiger partial charge in [0.2, 0.25) is 5.88 Å². The molecule has 0 amide bonds. The van der Waals surface area contributed by atoms with Crippen molar-refractivity contribution in [1.82, 2.24) is 15.2 Å². The van der Waals surface area contributed by atoms with E-state index in [1.54, 1.807) is 7.11 Å². The highest BCUT2D eigenvalue weighted by atomic mass is 32.2. The predicted octanol–water partition coefficient (Wildman–Crippen LogP) is 2.63. The van der Waals surface area contributed by atoms with E-state index in [2.05, 4.69) is 47.7 Å². The molecule has 0 aromatic carbocycles. The van der Waals surface area contributed by atoms with Crippen LogP contribution < -0.4 is 10.1 Å². The molecule has 1 N–H and O–H groups in total. The number of ether oxygens (including phenoxy) is 1. The Morgan fingerprint density at radius 3 is 3.04 bits per heavy atom. The highest BCUT2D eigenvalue weighted by molar-refractivity contribution is 8.00. The minimum Gasteiger partial charge on any atom is -0.481 e. The topological polar surface area (TPSA) is 49.8 Å². The van der Waals surface area contributed by atoms with Crippen molar-refractivity contribution in [2.45, 2.75) is 32.6 Å². The van der Waals surface area contributed by atoms with Crippen molar-refractivity contribution in [3.8, 4) is 5.88 Å². The summed E-state index contributed by atoms with van der Waals surface area (Å²) < 4.78 is 5.18. The number of aliphatic imine (C=N–C) groups is 1. The van der Waals surface area contributed by atoms with Crippen molar-refractivity contribution in [2.75, 3.05) is 32.5 Å². The Bertz CT molecular complexity index is 521. The Balaban J connectivity index is 2.07. The van der Waals surface area contributed by atoms with Gasteiger partial charge in [-0.25, -0.2) is 9.98 Å². The van der Waals surface area contributed by atoms with Gasteiger partial charge in [-0.1, -0.05) is 19.9 Å². The highest BCUT2D eigenvalue weighted by Gasteiger charge is 2.24. The molecule has 2 rings (SSSR count). The lowest BCUT2D eigenvalue weighted by Gasteiger charge is -2.36. The maximum absolute atomic E-state index is 5.18. The van der Waals surface area contributed by atoms with Gasteiger partial charge in [0, 0.05) is 36.7 Å². The molecule has 1 saturated heterocycles. The number of nitrogens with zero attached hydrogens (tertiary/aromatic N) is 3. The second kappa shape index (κ2) is 9.01. The maximum Gasteiger partial charge on any atom is 0.213 e. The molecule has 1 aliphatic rings. The van der Waals surface area contributed by atoms with Gasteiger partial charge in [0.1, 0.15) is 0 Å². The molecular formula is C17H28N4OS. The van der Waals surface area contributed by atoms with Gasteiger partial charge in [0.15, 0.2) is 5.96 Å². The van der Waals surface area contributed by atoms with Crippen molar-refractivity contribution in [3.63, 3.8) is 0 Å². The van der Waals surface area contributed by atoms with Gasteiger partial charge in [-0.3, -0.25) is 0 Å². The molecule has 2 heterocycles. The van der Waals surface area contributed by atoms with Crippen LogP contribution in [0.15, 0.2) is 23.2 Å². The number of methoxy groups -OCH3 is 1. The van der Waals surface area contributed by atoms with Crippen molar-refractivity contribution < 1.29 is 4.74 Å². The van der Waals surface area contributed by atoms with Crippen LogP contribution in [0.1, 0.15) is 26.5 Å². The fourth-order valence-electron chi connectivity index (χ4n) is 2.51. The van der Waals surface area contributed by atoms with Crippen LogP contribution in [0.25, 0.3) is 0 Å². The minimum absolute atomic E-state index is 0.565. The molecule has 0 radical (unpaired) electrons. The summed E-state index contributed by atoms with van der Waals surface area (Å²) in [5, 5.41) is 4.09. The molecule has 1 aromatic rings.